The van der Waals surface area contributed by atoms with Crippen LogP contribution in [0.25, 0.3) is 0 Å². The summed E-state index contributed by atoms with van der Waals surface area (Å²) in [6.07, 6.45) is 0.0741. The lowest BCUT2D eigenvalue weighted by molar-refractivity contribution is 0.0299. The Morgan fingerprint density at radius 2 is 2.00 bits per heavy atom. The molecule has 1 amide bonds. The van der Waals surface area contributed by atoms with Crippen LogP contribution in [0, 0.1) is 0 Å². The second-order valence-electron chi connectivity index (χ2n) is 4.28. The van der Waals surface area contributed by atoms with E-state index in [1.165, 1.54) is 4.90 Å². The predicted molar refractivity (Wildman–Crippen MR) is 59.1 cm³/mol. The van der Waals surface area contributed by atoms with E-state index in [9.17, 15) is 9.00 Å². The molecule has 0 radical (unpaired) electrons. The Kier molecular flexibility index (Phi) is 5.82. The largest absolute Gasteiger partial charge is 0.444 e. The number of carbonyl (C=O) groups is 1. The molecule has 0 saturated carbocycles. The Bertz CT molecular complexity index is 237. The first-order chi connectivity index (χ1) is 6.72. The lowest BCUT2D eigenvalue weighted by Gasteiger charge is -2.24. The van der Waals surface area contributed by atoms with Crippen LogP contribution in [0.2, 0.25) is 0 Å². The van der Waals surface area contributed by atoms with Crippen molar-refractivity contribution in [2.24, 2.45) is 0 Å². The summed E-state index contributed by atoms with van der Waals surface area (Å²) in [5, 5.41) is 0. The fourth-order valence-corrected chi connectivity index (χ4v) is 1.23. The second-order valence-corrected chi connectivity index (χ2v) is 5.33. The van der Waals surface area contributed by atoms with Crippen LogP contribution in [-0.2, 0) is 15.8 Å². The van der Waals surface area contributed by atoms with Gasteiger partial charge in [-0.05, 0) is 27.2 Å². The van der Waals surface area contributed by atoms with Crippen molar-refractivity contribution in [1.82, 2.24) is 4.90 Å². The molecular weight excluding hydrogens is 218 g/mol. The maximum Gasteiger partial charge on any atom is 0.410 e. The van der Waals surface area contributed by atoms with Gasteiger partial charge in [0.2, 0.25) is 0 Å². The van der Waals surface area contributed by atoms with E-state index in [4.69, 9.17) is 9.29 Å². The third-order valence-electron chi connectivity index (χ3n) is 1.52. The zero-order chi connectivity index (χ0) is 12.1. The third-order valence-corrected chi connectivity index (χ3v) is 2.16. The van der Waals surface area contributed by atoms with Gasteiger partial charge in [0, 0.05) is 13.6 Å². The van der Waals surface area contributed by atoms with Gasteiger partial charge in [0.25, 0.3) is 0 Å². The normalized spacial score (nSPS) is 13.4. The molecule has 1 N–H and O–H groups in total. The Balaban J connectivity index is 3.85. The molecule has 0 fully saturated rings. The average Bonchev–Trinajstić information content (AvgIpc) is 1.99. The van der Waals surface area contributed by atoms with Crippen molar-refractivity contribution < 1.29 is 18.3 Å². The molecule has 0 heterocycles. The minimum atomic E-state index is -1.79. The van der Waals surface area contributed by atoms with E-state index in [-0.39, 0.29) is 5.75 Å². The van der Waals surface area contributed by atoms with Crippen molar-refractivity contribution in [3.63, 3.8) is 0 Å². The summed E-state index contributed by atoms with van der Waals surface area (Å²) in [6, 6.07) is 0. The van der Waals surface area contributed by atoms with E-state index in [1.54, 1.807) is 27.8 Å². The Morgan fingerprint density at radius 1 is 1.47 bits per heavy atom. The number of nitrogens with zero attached hydrogens (tertiary/aromatic N) is 1. The minimum Gasteiger partial charge on any atom is -0.444 e. The van der Waals surface area contributed by atoms with Crippen LogP contribution >= 0.6 is 0 Å². The zero-order valence-electron chi connectivity index (χ0n) is 9.65. The quantitative estimate of drug-likeness (QED) is 0.752. The predicted octanol–water partition coefficient (Wildman–Crippen LogP) is 1.47. The molecule has 0 saturated heterocycles. The first kappa shape index (κ1) is 14.4. The van der Waals surface area contributed by atoms with Gasteiger partial charge in [-0.3, -0.25) is 0 Å². The van der Waals surface area contributed by atoms with Crippen molar-refractivity contribution >= 4 is 17.2 Å². The Hall–Kier alpha value is -0.620. The summed E-state index contributed by atoms with van der Waals surface area (Å²) in [4.78, 5) is 12.8. The van der Waals surface area contributed by atoms with Gasteiger partial charge in [0.05, 0.1) is 5.75 Å². The van der Waals surface area contributed by atoms with E-state index in [2.05, 4.69) is 0 Å². The van der Waals surface area contributed by atoms with E-state index < -0.39 is 22.8 Å². The molecule has 0 aromatic carbocycles. The second kappa shape index (κ2) is 6.07. The van der Waals surface area contributed by atoms with Crippen molar-refractivity contribution in [3.05, 3.63) is 0 Å². The van der Waals surface area contributed by atoms with E-state index in [0.717, 1.165) is 0 Å². The van der Waals surface area contributed by atoms with Gasteiger partial charge >= 0.3 is 6.09 Å². The summed E-state index contributed by atoms with van der Waals surface area (Å²) in [6.45, 7) is 5.80. The first-order valence-electron chi connectivity index (χ1n) is 4.74. The smallest absolute Gasteiger partial charge is 0.410 e. The molecule has 90 valence electrons. The number of rotatable bonds is 4. The van der Waals surface area contributed by atoms with Gasteiger partial charge < -0.3 is 14.2 Å². The van der Waals surface area contributed by atoms with Crippen molar-refractivity contribution in [1.29, 1.82) is 0 Å². The monoisotopic (exact) mass is 237 g/mol. The molecule has 1 atom stereocenters. The van der Waals surface area contributed by atoms with Crippen LogP contribution in [0.3, 0.4) is 0 Å². The highest BCUT2D eigenvalue weighted by Crippen LogP contribution is 2.09. The summed E-state index contributed by atoms with van der Waals surface area (Å²) in [5.41, 5.74) is -0.509. The van der Waals surface area contributed by atoms with Gasteiger partial charge in [-0.15, -0.1) is 0 Å². The molecule has 0 aliphatic rings. The minimum absolute atomic E-state index is 0.174. The third kappa shape index (κ3) is 8.38. The summed E-state index contributed by atoms with van der Waals surface area (Å²) in [7, 11) is 1.61. The molecule has 0 aromatic heterocycles. The highest BCUT2D eigenvalue weighted by molar-refractivity contribution is 7.79. The molecule has 6 heteroatoms. The SMILES string of the molecule is CN(CCCS(=O)O)C(=O)OC(C)(C)C. The molecule has 1 unspecified atom stereocenters. The molecule has 0 aliphatic carbocycles. The molecule has 5 nitrogen and oxygen atoms in total. The highest BCUT2D eigenvalue weighted by atomic mass is 32.2. The van der Waals surface area contributed by atoms with Crippen LogP contribution in [0.1, 0.15) is 27.2 Å². The molecule has 15 heavy (non-hydrogen) atoms. The number of carbonyl (C=O) groups excluding carboxylic acids is 1. The molecule has 0 aromatic rings. The maximum absolute atomic E-state index is 11.4. The summed E-state index contributed by atoms with van der Waals surface area (Å²) in [5.74, 6) is 0.174. The summed E-state index contributed by atoms with van der Waals surface area (Å²) >= 11 is -1.79. The Labute approximate surface area is 93.1 Å². The van der Waals surface area contributed by atoms with E-state index >= 15 is 0 Å². The van der Waals surface area contributed by atoms with Gasteiger partial charge in [-0.25, -0.2) is 9.00 Å². The number of amides is 1. The van der Waals surface area contributed by atoms with E-state index in [0.29, 0.717) is 13.0 Å². The van der Waals surface area contributed by atoms with Crippen molar-refractivity contribution in [2.75, 3.05) is 19.3 Å². The van der Waals surface area contributed by atoms with Crippen LogP contribution in [0.4, 0.5) is 4.79 Å². The highest BCUT2D eigenvalue weighted by Gasteiger charge is 2.19. The molecular formula is C9H19NO4S. The number of hydrogen-bond donors (Lipinski definition) is 1. The zero-order valence-corrected chi connectivity index (χ0v) is 10.5. The van der Waals surface area contributed by atoms with Crippen molar-refractivity contribution in [2.45, 2.75) is 32.8 Å². The number of hydrogen-bond acceptors (Lipinski definition) is 3. The molecule has 0 bridgehead atoms. The van der Waals surface area contributed by atoms with Crippen LogP contribution < -0.4 is 0 Å². The Morgan fingerprint density at radius 3 is 2.40 bits per heavy atom. The molecule has 0 spiro atoms. The van der Waals surface area contributed by atoms with Crippen LogP contribution in [0.15, 0.2) is 0 Å². The van der Waals surface area contributed by atoms with Crippen LogP contribution in [0.5, 0.6) is 0 Å². The van der Waals surface area contributed by atoms with Gasteiger partial charge in [-0.2, -0.15) is 0 Å². The topological polar surface area (TPSA) is 66.8 Å². The fraction of sp³-hybridized carbons (Fsp3) is 0.889. The molecule has 0 aliphatic heterocycles. The average molecular weight is 237 g/mol. The van der Waals surface area contributed by atoms with Gasteiger partial charge in [-0.1, -0.05) is 0 Å². The van der Waals surface area contributed by atoms with E-state index in [1.807, 2.05) is 0 Å². The maximum atomic E-state index is 11.4. The lowest BCUT2D eigenvalue weighted by atomic mass is 10.2. The first-order valence-corrected chi connectivity index (χ1v) is 6.01. The van der Waals surface area contributed by atoms with Gasteiger partial charge in [0.15, 0.2) is 11.1 Å². The summed E-state index contributed by atoms with van der Waals surface area (Å²) < 4.78 is 24.0. The standard InChI is InChI=1S/C9H19NO4S/c1-9(2,3)14-8(11)10(4)6-5-7-15(12)13/h5-7H2,1-4H3,(H,12,13). The van der Waals surface area contributed by atoms with Crippen LogP contribution in [-0.4, -0.2) is 44.7 Å². The lowest BCUT2D eigenvalue weighted by Crippen LogP contribution is -2.35. The molecule has 0 rings (SSSR count). The fourth-order valence-electron chi connectivity index (χ4n) is 0.856. The number of ether oxygens (including phenoxy) is 1. The van der Waals surface area contributed by atoms with Gasteiger partial charge in [0.1, 0.15) is 5.60 Å². The van der Waals surface area contributed by atoms with Crippen molar-refractivity contribution in [3.8, 4) is 0 Å².